The number of piperidine rings is 1. The van der Waals surface area contributed by atoms with Crippen molar-refractivity contribution in [3.8, 4) is 0 Å². The number of aliphatic hydroxyl groups excluding tert-OH is 1. The highest BCUT2D eigenvalue weighted by atomic mass is 16.6. The standard InChI is InChI=1S/C12H16N4O4/c17-11-3-8-1-2-9(4-11)15(8)12(18)7-14-6-10(5-13-14)16(19)20/h5-6,8-9,11,17H,1-4,7H2. The Balaban J connectivity index is 1.69. The van der Waals surface area contributed by atoms with Gasteiger partial charge in [-0.05, 0) is 25.7 Å². The summed E-state index contributed by atoms with van der Waals surface area (Å²) in [5, 5.41) is 24.1. The molecule has 8 heteroatoms. The number of carbonyl (C=O) groups excluding carboxylic acids is 1. The summed E-state index contributed by atoms with van der Waals surface area (Å²) in [6, 6.07) is 0.198. The Morgan fingerprint density at radius 1 is 1.45 bits per heavy atom. The largest absolute Gasteiger partial charge is 0.393 e. The highest BCUT2D eigenvalue weighted by Crippen LogP contribution is 2.35. The molecule has 2 atom stereocenters. The first-order valence-electron chi connectivity index (χ1n) is 6.70. The van der Waals surface area contributed by atoms with Crippen molar-refractivity contribution >= 4 is 11.6 Å². The summed E-state index contributed by atoms with van der Waals surface area (Å²) in [6.07, 6.45) is 5.19. The zero-order valence-electron chi connectivity index (χ0n) is 10.9. The highest BCUT2D eigenvalue weighted by Gasteiger charge is 2.42. The number of hydrogen-bond acceptors (Lipinski definition) is 5. The van der Waals surface area contributed by atoms with Gasteiger partial charge in [-0.15, -0.1) is 0 Å². The van der Waals surface area contributed by atoms with Crippen molar-refractivity contribution in [1.29, 1.82) is 0 Å². The van der Waals surface area contributed by atoms with Crippen molar-refractivity contribution in [2.75, 3.05) is 0 Å². The Hall–Kier alpha value is -1.96. The van der Waals surface area contributed by atoms with Crippen LogP contribution in [0.1, 0.15) is 25.7 Å². The molecule has 108 valence electrons. The van der Waals surface area contributed by atoms with Gasteiger partial charge in [0, 0.05) is 12.1 Å². The molecule has 0 radical (unpaired) electrons. The van der Waals surface area contributed by atoms with Crippen LogP contribution < -0.4 is 0 Å². The van der Waals surface area contributed by atoms with Crippen molar-refractivity contribution in [2.45, 2.75) is 50.4 Å². The lowest BCUT2D eigenvalue weighted by molar-refractivity contribution is -0.385. The fourth-order valence-corrected chi connectivity index (χ4v) is 3.31. The first kappa shape index (κ1) is 13.0. The molecule has 1 aromatic rings. The topological polar surface area (TPSA) is 102 Å². The second kappa shape index (κ2) is 4.86. The number of nitrogens with zero attached hydrogens (tertiary/aromatic N) is 4. The van der Waals surface area contributed by atoms with E-state index in [0.717, 1.165) is 19.0 Å². The second-order valence-electron chi connectivity index (χ2n) is 5.46. The molecule has 1 amide bonds. The van der Waals surface area contributed by atoms with Gasteiger partial charge in [0.2, 0.25) is 5.91 Å². The highest BCUT2D eigenvalue weighted by molar-refractivity contribution is 5.77. The van der Waals surface area contributed by atoms with Gasteiger partial charge < -0.3 is 10.0 Å². The van der Waals surface area contributed by atoms with Crippen LogP contribution >= 0.6 is 0 Å². The molecule has 2 saturated heterocycles. The monoisotopic (exact) mass is 280 g/mol. The van der Waals surface area contributed by atoms with Crippen molar-refractivity contribution in [3.63, 3.8) is 0 Å². The first-order valence-corrected chi connectivity index (χ1v) is 6.70. The number of fused-ring (bicyclic) bond motifs is 2. The van der Waals surface area contributed by atoms with Gasteiger partial charge in [0.15, 0.2) is 0 Å². The maximum atomic E-state index is 12.3. The maximum Gasteiger partial charge on any atom is 0.307 e. The minimum atomic E-state index is -0.533. The molecule has 2 aliphatic heterocycles. The number of rotatable bonds is 3. The SMILES string of the molecule is O=C(Cn1cc([N+](=O)[O-])cn1)N1C2CCC1CC(O)C2. The lowest BCUT2D eigenvalue weighted by atomic mass is 10.00. The van der Waals surface area contributed by atoms with Crippen LogP contribution in [0.25, 0.3) is 0 Å². The zero-order chi connectivity index (χ0) is 14.3. The molecule has 1 aromatic heterocycles. The molecule has 2 aliphatic rings. The fraction of sp³-hybridized carbons (Fsp3) is 0.667. The van der Waals surface area contributed by atoms with E-state index in [1.807, 2.05) is 4.90 Å². The Labute approximate surface area is 115 Å². The number of aliphatic hydroxyl groups is 1. The predicted octanol–water partition coefficient (Wildman–Crippen LogP) is 0.306. The molecule has 2 unspecified atom stereocenters. The van der Waals surface area contributed by atoms with Gasteiger partial charge >= 0.3 is 5.69 Å². The normalized spacial score (nSPS) is 28.6. The molecule has 0 aliphatic carbocycles. The zero-order valence-corrected chi connectivity index (χ0v) is 10.9. The lowest BCUT2D eigenvalue weighted by Gasteiger charge is -2.37. The van der Waals surface area contributed by atoms with Crippen LogP contribution in [0, 0.1) is 10.1 Å². The van der Waals surface area contributed by atoms with Crippen LogP contribution in [0.2, 0.25) is 0 Å². The van der Waals surface area contributed by atoms with E-state index in [9.17, 15) is 20.0 Å². The summed E-state index contributed by atoms with van der Waals surface area (Å²) >= 11 is 0. The summed E-state index contributed by atoms with van der Waals surface area (Å²) in [5.41, 5.74) is -0.116. The van der Waals surface area contributed by atoms with E-state index in [1.54, 1.807) is 0 Å². The Bertz CT molecular complexity index is 529. The molecular weight excluding hydrogens is 264 g/mol. The van der Waals surface area contributed by atoms with Crippen molar-refractivity contribution in [1.82, 2.24) is 14.7 Å². The molecular formula is C12H16N4O4. The molecule has 0 saturated carbocycles. The van der Waals surface area contributed by atoms with Gasteiger partial charge in [-0.1, -0.05) is 0 Å². The third kappa shape index (κ3) is 2.26. The Morgan fingerprint density at radius 3 is 2.65 bits per heavy atom. The van der Waals surface area contributed by atoms with Gasteiger partial charge in [-0.3, -0.25) is 19.6 Å². The smallest absolute Gasteiger partial charge is 0.307 e. The van der Waals surface area contributed by atoms with Gasteiger partial charge in [0.1, 0.15) is 18.9 Å². The predicted molar refractivity (Wildman–Crippen MR) is 67.8 cm³/mol. The molecule has 3 heterocycles. The Morgan fingerprint density at radius 2 is 2.10 bits per heavy atom. The summed E-state index contributed by atoms with van der Waals surface area (Å²) < 4.78 is 1.30. The molecule has 8 nitrogen and oxygen atoms in total. The third-order valence-electron chi connectivity index (χ3n) is 4.12. The number of nitro groups is 1. The third-order valence-corrected chi connectivity index (χ3v) is 4.12. The molecule has 2 fully saturated rings. The van der Waals surface area contributed by atoms with E-state index < -0.39 is 4.92 Å². The maximum absolute atomic E-state index is 12.3. The molecule has 0 spiro atoms. The van der Waals surface area contributed by atoms with E-state index >= 15 is 0 Å². The quantitative estimate of drug-likeness (QED) is 0.634. The number of hydrogen-bond donors (Lipinski definition) is 1. The number of amides is 1. The van der Waals surface area contributed by atoms with Crippen LogP contribution in [0.4, 0.5) is 5.69 Å². The van der Waals surface area contributed by atoms with E-state index in [1.165, 1.54) is 10.9 Å². The van der Waals surface area contributed by atoms with Crippen LogP contribution in [0.15, 0.2) is 12.4 Å². The van der Waals surface area contributed by atoms with E-state index in [0.29, 0.717) is 12.8 Å². The van der Waals surface area contributed by atoms with Crippen molar-refractivity contribution in [3.05, 3.63) is 22.5 Å². The fourth-order valence-electron chi connectivity index (χ4n) is 3.31. The van der Waals surface area contributed by atoms with Crippen molar-refractivity contribution < 1.29 is 14.8 Å². The van der Waals surface area contributed by atoms with Gasteiger partial charge in [0.05, 0.1) is 11.0 Å². The number of carbonyl (C=O) groups is 1. The summed E-state index contributed by atoms with van der Waals surface area (Å²) in [4.78, 5) is 24.2. The second-order valence-corrected chi connectivity index (χ2v) is 5.46. The Kier molecular flexibility index (Phi) is 3.17. The van der Waals surface area contributed by atoms with Crippen molar-refractivity contribution in [2.24, 2.45) is 0 Å². The first-order chi connectivity index (χ1) is 9.54. The minimum absolute atomic E-state index is 0.0108. The van der Waals surface area contributed by atoms with Crippen LogP contribution in [0.5, 0.6) is 0 Å². The van der Waals surface area contributed by atoms with E-state index in [-0.39, 0.29) is 36.3 Å². The average Bonchev–Trinajstić information content (AvgIpc) is 2.93. The minimum Gasteiger partial charge on any atom is -0.393 e. The summed E-state index contributed by atoms with van der Waals surface area (Å²) in [5.74, 6) is -0.0811. The van der Waals surface area contributed by atoms with E-state index in [4.69, 9.17) is 0 Å². The van der Waals surface area contributed by atoms with Gasteiger partial charge in [-0.25, -0.2) is 0 Å². The summed E-state index contributed by atoms with van der Waals surface area (Å²) in [7, 11) is 0. The molecule has 20 heavy (non-hydrogen) atoms. The van der Waals surface area contributed by atoms with E-state index in [2.05, 4.69) is 5.10 Å². The van der Waals surface area contributed by atoms with Gasteiger partial charge in [0.25, 0.3) is 0 Å². The molecule has 1 N–H and O–H groups in total. The summed E-state index contributed by atoms with van der Waals surface area (Å²) in [6.45, 7) is 0.0108. The van der Waals surface area contributed by atoms with Crippen LogP contribution in [-0.2, 0) is 11.3 Å². The van der Waals surface area contributed by atoms with Gasteiger partial charge in [-0.2, -0.15) is 5.10 Å². The lowest BCUT2D eigenvalue weighted by Crippen LogP contribution is -2.49. The molecule has 0 aromatic carbocycles. The molecule has 2 bridgehead atoms. The molecule has 3 rings (SSSR count). The average molecular weight is 280 g/mol. The van der Waals surface area contributed by atoms with Crippen LogP contribution in [-0.4, -0.2) is 48.8 Å². The van der Waals surface area contributed by atoms with Crippen LogP contribution in [0.3, 0.4) is 0 Å². The number of aromatic nitrogens is 2.